The number of nitrogens with zero attached hydrogens (tertiary/aromatic N) is 1. The van der Waals surface area contributed by atoms with Gasteiger partial charge in [0.25, 0.3) is 0 Å². The van der Waals surface area contributed by atoms with Gasteiger partial charge in [-0.25, -0.2) is 4.79 Å². The van der Waals surface area contributed by atoms with Crippen LogP contribution in [0.15, 0.2) is 18.2 Å². The minimum absolute atomic E-state index is 0.0928. The standard InChI is InChI=1S/C14H16ClIN2O3/c1-8-6-9(13(19)20)4-5-18(8)14(21)17-12-3-2-10(15)7-11(12)16/h2-3,7-9H,4-6H2,1H3,(H,17,21)(H,19,20). The van der Waals surface area contributed by atoms with Gasteiger partial charge in [0.2, 0.25) is 0 Å². The highest BCUT2D eigenvalue weighted by atomic mass is 127. The highest BCUT2D eigenvalue weighted by Gasteiger charge is 2.32. The number of amides is 2. The van der Waals surface area contributed by atoms with Gasteiger partial charge in [0.15, 0.2) is 0 Å². The lowest BCUT2D eigenvalue weighted by Crippen LogP contribution is -2.47. The number of aliphatic carboxylic acids is 1. The van der Waals surface area contributed by atoms with E-state index in [1.54, 1.807) is 23.1 Å². The molecule has 114 valence electrons. The van der Waals surface area contributed by atoms with Gasteiger partial charge in [-0.2, -0.15) is 0 Å². The molecule has 2 N–H and O–H groups in total. The largest absolute Gasteiger partial charge is 0.481 e. The van der Waals surface area contributed by atoms with Crippen molar-refractivity contribution < 1.29 is 14.7 Å². The lowest BCUT2D eigenvalue weighted by atomic mass is 9.92. The maximum absolute atomic E-state index is 12.3. The molecule has 21 heavy (non-hydrogen) atoms. The normalized spacial score (nSPS) is 22.0. The smallest absolute Gasteiger partial charge is 0.322 e. The van der Waals surface area contributed by atoms with Crippen molar-refractivity contribution >= 4 is 51.9 Å². The minimum atomic E-state index is -0.783. The molecule has 0 bridgehead atoms. The van der Waals surface area contributed by atoms with Crippen LogP contribution in [-0.4, -0.2) is 34.6 Å². The summed E-state index contributed by atoms with van der Waals surface area (Å²) >= 11 is 8.00. The first kappa shape index (κ1) is 16.4. The number of carbonyl (C=O) groups excluding carboxylic acids is 1. The quantitative estimate of drug-likeness (QED) is 0.715. The fourth-order valence-corrected chi connectivity index (χ4v) is 3.48. The number of benzene rings is 1. The lowest BCUT2D eigenvalue weighted by molar-refractivity contribution is -0.143. The van der Waals surface area contributed by atoms with Gasteiger partial charge >= 0.3 is 12.0 Å². The van der Waals surface area contributed by atoms with E-state index < -0.39 is 5.97 Å². The molecular formula is C14H16ClIN2O3. The monoisotopic (exact) mass is 422 g/mol. The summed E-state index contributed by atoms with van der Waals surface area (Å²) in [5, 5.41) is 12.5. The maximum atomic E-state index is 12.3. The molecule has 1 saturated heterocycles. The average molecular weight is 423 g/mol. The van der Waals surface area contributed by atoms with Crippen LogP contribution in [0.4, 0.5) is 10.5 Å². The number of carbonyl (C=O) groups is 2. The summed E-state index contributed by atoms with van der Waals surface area (Å²) < 4.78 is 0.863. The minimum Gasteiger partial charge on any atom is -0.481 e. The second kappa shape index (κ2) is 6.83. The number of nitrogens with one attached hydrogen (secondary N) is 1. The number of carboxylic acids is 1. The van der Waals surface area contributed by atoms with Crippen molar-refractivity contribution in [3.05, 3.63) is 26.8 Å². The molecule has 2 rings (SSSR count). The van der Waals surface area contributed by atoms with Crippen molar-refractivity contribution in [3.8, 4) is 0 Å². The third-order valence-corrected chi connectivity index (χ3v) is 4.79. The Balaban J connectivity index is 2.02. The second-order valence-electron chi connectivity index (χ2n) is 5.16. The highest BCUT2D eigenvalue weighted by molar-refractivity contribution is 14.1. The molecule has 0 aromatic heterocycles. The first-order valence-corrected chi connectivity index (χ1v) is 8.09. The van der Waals surface area contributed by atoms with Crippen molar-refractivity contribution in [1.82, 2.24) is 4.90 Å². The molecule has 1 aliphatic rings. The van der Waals surface area contributed by atoms with E-state index in [1.165, 1.54) is 0 Å². The van der Waals surface area contributed by atoms with Crippen molar-refractivity contribution in [1.29, 1.82) is 0 Å². The molecule has 1 aliphatic heterocycles. The predicted molar refractivity (Wildman–Crippen MR) is 89.7 cm³/mol. The molecule has 7 heteroatoms. The van der Waals surface area contributed by atoms with E-state index in [-0.39, 0.29) is 18.0 Å². The topological polar surface area (TPSA) is 69.6 Å². The number of urea groups is 1. The molecule has 5 nitrogen and oxygen atoms in total. The molecule has 0 aliphatic carbocycles. The summed E-state index contributed by atoms with van der Waals surface area (Å²) in [5.74, 6) is -1.14. The average Bonchev–Trinajstić information content (AvgIpc) is 2.41. The number of hydrogen-bond acceptors (Lipinski definition) is 2. The second-order valence-corrected chi connectivity index (χ2v) is 6.75. The molecule has 0 spiro atoms. The Kier molecular flexibility index (Phi) is 5.32. The molecule has 2 atom stereocenters. The molecule has 2 amide bonds. The van der Waals surface area contributed by atoms with Crippen LogP contribution in [0, 0.1) is 9.49 Å². The zero-order valence-electron chi connectivity index (χ0n) is 11.5. The maximum Gasteiger partial charge on any atom is 0.322 e. The number of piperidine rings is 1. The molecule has 1 fully saturated rings. The summed E-state index contributed by atoms with van der Waals surface area (Å²) in [6, 6.07) is 4.96. The Hall–Kier alpha value is -1.02. The van der Waals surface area contributed by atoms with E-state index in [2.05, 4.69) is 27.9 Å². The van der Waals surface area contributed by atoms with Gasteiger partial charge in [0.05, 0.1) is 11.6 Å². The molecule has 1 heterocycles. The lowest BCUT2D eigenvalue weighted by Gasteiger charge is -2.36. The van der Waals surface area contributed by atoms with Crippen LogP contribution >= 0.6 is 34.2 Å². The predicted octanol–water partition coefficient (Wildman–Crippen LogP) is 3.66. The molecule has 1 aromatic carbocycles. The van der Waals surface area contributed by atoms with Crippen LogP contribution in [-0.2, 0) is 4.79 Å². The molecule has 1 aromatic rings. The van der Waals surface area contributed by atoms with Gasteiger partial charge in [-0.1, -0.05) is 11.6 Å². The Labute approximate surface area is 141 Å². The van der Waals surface area contributed by atoms with E-state index in [1.807, 2.05) is 6.92 Å². The summed E-state index contributed by atoms with van der Waals surface area (Å²) in [7, 11) is 0. The number of hydrogen-bond donors (Lipinski definition) is 2. The van der Waals surface area contributed by atoms with E-state index in [0.717, 1.165) is 3.57 Å². The van der Waals surface area contributed by atoms with Gasteiger partial charge in [0.1, 0.15) is 0 Å². The first-order chi connectivity index (χ1) is 9.88. The van der Waals surface area contributed by atoms with Gasteiger partial charge in [-0.05, 0) is 60.6 Å². The van der Waals surface area contributed by atoms with Crippen LogP contribution in [0.1, 0.15) is 19.8 Å². The summed E-state index contributed by atoms with van der Waals surface area (Å²) in [4.78, 5) is 25.0. The molecular weight excluding hydrogens is 407 g/mol. The van der Waals surface area contributed by atoms with Crippen LogP contribution in [0.2, 0.25) is 5.02 Å². The zero-order valence-corrected chi connectivity index (χ0v) is 14.4. The van der Waals surface area contributed by atoms with Crippen molar-refractivity contribution in [3.63, 3.8) is 0 Å². The van der Waals surface area contributed by atoms with Gasteiger partial charge in [0, 0.05) is 21.2 Å². The van der Waals surface area contributed by atoms with E-state index in [4.69, 9.17) is 16.7 Å². The Morgan fingerprint density at radius 3 is 2.76 bits per heavy atom. The molecule has 2 unspecified atom stereocenters. The Morgan fingerprint density at radius 2 is 2.19 bits per heavy atom. The SMILES string of the molecule is CC1CC(C(=O)O)CCN1C(=O)Nc1ccc(Cl)cc1I. The number of likely N-dealkylation sites (tertiary alicyclic amines) is 1. The van der Waals surface area contributed by atoms with Gasteiger partial charge in [-0.3, -0.25) is 4.79 Å². The number of rotatable bonds is 2. The van der Waals surface area contributed by atoms with Crippen LogP contribution in [0.25, 0.3) is 0 Å². The number of halogens is 2. The van der Waals surface area contributed by atoms with E-state index >= 15 is 0 Å². The van der Waals surface area contributed by atoms with Crippen LogP contribution in [0.5, 0.6) is 0 Å². The zero-order chi connectivity index (χ0) is 15.6. The van der Waals surface area contributed by atoms with Crippen LogP contribution < -0.4 is 5.32 Å². The first-order valence-electron chi connectivity index (χ1n) is 6.64. The summed E-state index contributed by atoms with van der Waals surface area (Å²) in [5.41, 5.74) is 0.706. The molecule has 0 saturated carbocycles. The highest BCUT2D eigenvalue weighted by Crippen LogP contribution is 2.26. The third kappa shape index (κ3) is 4.00. The third-order valence-electron chi connectivity index (χ3n) is 3.66. The van der Waals surface area contributed by atoms with Crippen LogP contribution in [0.3, 0.4) is 0 Å². The van der Waals surface area contributed by atoms with E-state index in [9.17, 15) is 9.59 Å². The Bertz CT molecular complexity index is 567. The van der Waals surface area contributed by atoms with E-state index in [0.29, 0.717) is 30.1 Å². The Morgan fingerprint density at radius 1 is 1.48 bits per heavy atom. The number of anilines is 1. The fraction of sp³-hybridized carbons (Fsp3) is 0.429. The van der Waals surface area contributed by atoms with Crippen molar-refractivity contribution in [2.45, 2.75) is 25.8 Å². The summed E-state index contributed by atoms with van der Waals surface area (Å²) in [6.07, 6.45) is 0.977. The van der Waals surface area contributed by atoms with Gasteiger partial charge in [-0.15, -0.1) is 0 Å². The van der Waals surface area contributed by atoms with Gasteiger partial charge < -0.3 is 15.3 Å². The van der Waals surface area contributed by atoms with Crippen molar-refractivity contribution in [2.24, 2.45) is 5.92 Å². The number of carboxylic acid groups (broad SMARTS) is 1. The fourth-order valence-electron chi connectivity index (χ4n) is 2.48. The van der Waals surface area contributed by atoms with Crippen molar-refractivity contribution in [2.75, 3.05) is 11.9 Å². The molecule has 0 radical (unpaired) electrons. The summed E-state index contributed by atoms with van der Waals surface area (Å²) in [6.45, 7) is 2.33.